The number of aromatic nitrogens is 2. The highest BCUT2D eigenvalue weighted by Gasteiger charge is 1.99. The summed E-state index contributed by atoms with van der Waals surface area (Å²) < 4.78 is 1.35. The minimum Gasteiger partial charge on any atom is -0.269 e. The second-order valence-corrected chi connectivity index (χ2v) is 2.35. The van der Waals surface area contributed by atoms with E-state index < -0.39 is 0 Å². The van der Waals surface area contributed by atoms with Gasteiger partial charge in [-0.15, -0.1) is 0 Å². The minimum absolute atomic E-state index is 0.132. The lowest BCUT2D eigenvalue weighted by Crippen LogP contribution is -2.18. The van der Waals surface area contributed by atoms with Gasteiger partial charge in [-0.05, 0) is 13.0 Å². The molecule has 1 aromatic rings. The highest BCUT2D eigenvalue weighted by Crippen LogP contribution is 1.96. The van der Waals surface area contributed by atoms with Gasteiger partial charge in [-0.2, -0.15) is 0 Å². The Bertz CT molecular complexity index is 377. The largest absolute Gasteiger partial charge is 0.269 e. The molecule has 3 nitrogen and oxygen atoms in total. The zero-order chi connectivity index (χ0) is 9.14. The molecule has 3 heteroatoms. The van der Waals surface area contributed by atoms with E-state index in [-0.39, 0.29) is 5.56 Å². The summed E-state index contributed by atoms with van der Waals surface area (Å²) in [5, 5.41) is 0. The predicted octanol–water partition coefficient (Wildman–Crippen LogP) is 1.30. The molecule has 0 aliphatic heterocycles. The van der Waals surface area contributed by atoms with Crippen LogP contribution in [0.3, 0.4) is 0 Å². The van der Waals surface area contributed by atoms with Gasteiger partial charge in [-0.3, -0.25) is 9.36 Å². The first kappa shape index (κ1) is 8.46. The third kappa shape index (κ3) is 1.34. The van der Waals surface area contributed by atoms with Gasteiger partial charge >= 0.3 is 0 Å². The minimum atomic E-state index is -0.132. The maximum absolute atomic E-state index is 11.3. The van der Waals surface area contributed by atoms with Gasteiger partial charge in [0, 0.05) is 18.0 Å². The Balaban J connectivity index is 3.54. The molecule has 0 amide bonds. The van der Waals surface area contributed by atoms with E-state index in [9.17, 15) is 4.79 Å². The van der Waals surface area contributed by atoms with Crippen LogP contribution in [0.4, 0.5) is 0 Å². The van der Waals surface area contributed by atoms with Crippen molar-refractivity contribution in [2.45, 2.75) is 6.92 Å². The van der Waals surface area contributed by atoms with Crippen molar-refractivity contribution in [1.82, 2.24) is 9.55 Å². The lowest BCUT2D eigenvalue weighted by Gasteiger charge is -2.02. The lowest BCUT2D eigenvalue weighted by atomic mass is 10.4. The Morgan fingerprint density at radius 1 is 1.58 bits per heavy atom. The van der Waals surface area contributed by atoms with Crippen LogP contribution in [0, 0.1) is 6.92 Å². The first-order chi connectivity index (χ1) is 5.69. The molecule has 0 aliphatic carbocycles. The fourth-order valence-corrected chi connectivity index (χ4v) is 0.955. The van der Waals surface area contributed by atoms with Gasteiger partial charge in [0.15, 0.2) is 0 Å². The van der Waals surface area contributed by atoms with Gasteiger partial charge in [-0.25, -0.2) is 4.98 Å². The molecule has 0 bridgehead atoms. The maximum Gasteiger partial charge on any atom is 0.258 e. The zero-order valence-corrected chi connectivity index (χ0v) is 6.95. The second kappa shape index (κ2) is 3.17. The number of hydrogen-bond acceptors (Lipinski definition) is 2. The van der Waals surface area contributed by atoms with E-state index in [4.69, 9.17) is 0 Å². The average molecular weight is 162 g/mol. The van der Waals surface area contributed by atoms with Gasteiger partial charge in [-0.1, -0.05) is 13.2 Å². The highest BCUT2D eigenvalue weighted by molar-refractivity contribution is 5.41. The van der Waals surface area contributed by atoms with Crippen LogP contribution in [0.2, 0.25) is 0 Å². The SMILES string of the molecule is C=Cc1nc(C)cc(=O)n1C=C. The van der Waals surface area contributed by atoms with E-state index >= 15 is 0 Å². The molecule has 0 radical (unpaired) electrons. The number of aryl methyl sites for hydroxylation is 1. The first-order valence-corrected chi connectivity index (χ1v) is 3.54. The molecule has 0 atom stereocenters. The summed E-state index contributed by atoms with van der Waals surface area (Å²) in [5.74, 6) is 0.523. The molecule has 0 aliphatic rings. The Kier molecular flexibility index (Phi) is 2.24. The Morgan fingerprint density at radius 3 is 2.75 bits per heavy atom. The summed E-state index contributed by atoms with van der Waals surface area (Å²) in [5.41, 5.74) is 0.556. The fourth-order valence-electron chi connectivity index (χ4n) is 0.955. The van der Waals surface area contributed by atoms with Crippen LogP contribution >= 0.6 is 0 Å². The van der Waals surface area contributed by atoms with Gasteiger partial charge in [0.25, 0.3) is 5.56 Å². The third-order valence-corrected chi connectivity index (χ3v) is 1.47. The van der Waals surface area contributed by atoms with Gasteiger partial charge in [0.1, 0.15) is 5.82 Å². The van der Waals surface area contributed by atoms with E-state index in [0.29, 0.717) is 11.5 Å². The van der Waals surface area contributed by atoms with Crippen LogP contribution < -0.4 is 5.56 Å². The van der Waals surface area contributed by atoms with Crippen molar-refractivity contribution in [3.8, 4) is 0 Å². The monoisotopic (exact) mass is 162 g/mol. The van der Waals surface area contributed by atoms with E-state index in [0.717, 1.165) is 0 Å². The molecule has 0 saturated heterocycles. The van der Waals surface area contributed by atoms with Crippen LogP contribution in [0.15, 0.2) is 24.0 Å². The second-order valence-electron chi connectivity index (χ2n) is 2.35. The van der Waals surface area contributed by atoms with E-state index in [1.54, 1.807) is 6.92 Å². The molecule has 0 saturated carbocycles. The normalized spacial score (nSPS) is 9.42. The van der Waals surface area contributed by atoms with E-state index in [1.807, 2.05) is 0 Å². The summed E-state index contributed by atoms with van der Waals surface area (Å²) in [6.45, 7) is 8.82. The molecule has 0 spiro atoms. The Hall–Kier alpha value is -1.64. The number of hydrogen-bond donors (Lipinski definition) is 0. The molecule has 0 fully saturated rings. The molecule has 0 N–H and O–H groups in total. The first-order valence-electron chi connectivity index (χ1n) is 3.54. The third-order valence-electron chi connectivity index (χ3n) is 1.47. The van der Waals surface area contributed by atoms with Crippen LogP contribution in [0.1, 0.15) is 11.5 Å². The zero-order valence-electron chi connectivity index (χ0n) is 6.95. The summed E-state index contributed by atoms with van der Waals surface area (Å²) in [7, 11) is 0. The molecule has 0 aromatic carbocycles. The quantitative estimate of drug-likeness (QED) is 0.656. The summed E-state index contributed by atoms with van der Waals surface area (Å²) in [6, 6.07) is 1.45. The number of rotatable bonds is 2. The maximum atomic E-state index is 11.3. The topological polar surface area (TPSA) is 34.9 Å². The molecule has 1 aromatic heterocycles. The predicted molar refractivity (Wildman–Crippen MR) is 49.7 cm³/mol. The van der Waals surface area contributed by atoms with Crippen molar-refractivity contribution >= 4 is 12.3 Å². The summed E-state index contributed by atoms with van der Waals surface area (Å²) in [4.78, 5) is 15.4. The van der Waals surface area contributed by atoms with Crippen LogP contribution in [0.25, 0.3) is 12.3 Å². The molecule has 0 unspecified atom stereocenters. The van der Waals surface area contributed by atoms with Gasteiger partial charge in [0.05, 0.1) is 0 Å². The van der Waals surface area contributed by atoms with Crippen LogP contribution in [-0.2, 0) is 0 Å². The van der Waals surface area contributed by atoms with Crippen molar-refractivity contribution in [3.63, 3.8) is 0 Å². The van der Waals surface area contributed by atoms with Crippen molar-refractivity contribution in [2.75, 3.05) is 0 Å². The molecule has 1 rings (SSSR count). The van der Waals surface area contributed by atoms with Crippen LogP contribution in [-0.4, -0.2) is 9.55 Å². The summed E-state index contributed by atoms with van der Waals surface area (Å²) >= 11 is 0. The molecular weight excluding hydrogens is 152 g/mol. The van der Waals surface area contributed by atoms with Crippen molar-refractivity contribution in [1.29, 1.82) is 0 Å². The van der Waals surface area contributed by atoms with Crippen molar-refractivity contribution in [3.05, 3.63) is 41.1 Å². The number of nitrogens with zero attached hydrogens (tertiary/aromatic N) is 2. The van der Waals surface area contributed by atoms with E-state index in [1.165, 1.54) is 22.9 Å². The van der Waals surface area contributed by atoms with Crippen molar-refractivity contribution in [2.24, 2.45) is 0 Å². The smallest absolute Gasteiger partial charge is 0.258 e. The molecule has 62 valence electrons. The van der Waals surface area contributed by atoms with Crippen LogP contribution in [0.5, 0.6) is 0 Å². The fraction of sp³-hybridized carbons (Fsp3) is 0.111. The molecular formula is C9H10N2O. The van der Waals surface area contributed by atoms with Crippen molar-refractivity contribution < 1.29 is 0 Å². The lowest BCUT2D eigenvalue weighted by molar-refractivity contribution is 0.942. The Labute approximate surface area is 70.7 Å². The van der Waals surface area contributed by atoms with Gasteiger partial charge < -0.3 is 0 Å². The summed E-state index contributed by atoms with van der Waals surface area (Å²) in [6.07, 6.45) is 2.95. The molecule has 12 heavy (non-hydrogen) atoms. The Morgan fingerprint density at radius 2 is 2.25 bits per heavy atom. The highest BCUT2D eigenvalue weighted by atomic mass is 16.1. The standard InChI is InChI=1S/C9H10N2O/c1-4-8-10-7(3)6-9(12)11(8)5-2/h4-6H,1-2H2,3H3. The van der Waals surface area contributed by atoms with Gasteiger partial charge in [0.2, 0.25) is 0 Å². The molecule has 1 heterocycles. The van der Waals surface area contributed by atoms with E-state index in [2.05, 4.69) is 18.1 Å². The average Bonchev–Trinajstić information content (AvgIpc) is 2.03.